The van der Waals surface area contributed by atoms with Crippen LogP contribution < -0.4 is 0 Å². The second-order valence-electron chi connectivity index (χ2n) is 6.73. The first-order valence-corrected chi connectivity index (χ1v) is 9.42. The third kappa shape index (κ3) is 3.20. The average Bonchev–Trinajstić information content (AvgIpc) is 2.70. The van der Waals surface area contributed by atoms with Crippen molar-refractivity contribution in [2.45, 2.75) is 51.7 Å². The van der Waals surface area contributed by atoms with Crippen LogP contribution in [0.2, 0.25) is 0 Å². The Morgan fingerprint density at radius 3 is 2.46 bits per heavy atom. The maximum atomic E-state index is 13.0. The van der Waals surface area contributed by atoms with Gasteiger partial charge in [-0.05, 0) is 24.5 Å². The monoisotopic (exact) mass is 354 g/mol. The van der Waals surface area contributed by atoms with Gasteiger partial charge in [-0.15, -0.1) is 0 Å². The minimum absolute atomic E-state index is 0.0619. The van der Waals surface area contributed by atoms with Crippen molar-refractivity contribution >= 4 is 5.78 Å². The van der Waals surface area contributed by atoms with Crippen molar-refractivity contribution in [2.75, 3.05) is 6.61 Å². The third-order valence-corrected chi connectivity index (χ3v) is 5.05. The van der Waals surface area contributed by atoms with Crippen LogP contribution in [0, 0.1) is 0 Å². The molecular formula is C22H26O4. The topological polar surface area (TPSA) is 55.8 Å². The Morgan fingerprint density at radius 2 is 1.73 bits per heavy atom. The van der Waals surface area contributed by atoms with Crippen LogP contribution in [0.15, 0.2) is 42.5 Å². The highest BCUT2D eigenvalue weighted by molar-refractivity contribution is 6.13. The maximum Gasteiger partial charge on any atom is 0.255 e. The lowest BCUT2D eigenvalue weighted by Gasteiger charge is -2.37. The molecule has 1 aliphatic rings. The van der Waals surface area contributed by atoms with E-state index >= 15 is 0 Å². The molecule has 1 unspecified atom stereocenters. The number of hydrogen-bond acceptors (Lipinski definition) is 4. The molecule has 0 radical (unpaired) electrons. The number of unbranched alkanes of at least 4 members (excludes halogenated alkanes) is 3. The second kappa shape index (κ2) is 8.12. The molecule has 4 nitrogen and oxygen atoms in total. The number of hydrogen-bond donors (Lipinski definition) is 1. The molecule has 1 atom stereocenters. The van der Waals surface area contributed by atoms with E-state index in [1.165, 1.54) is 0 Å². The Hall–Kier alpha value is -2.01. The van der Waals surface area contributed by atoms with E-state index in [9.17, 15) is 10.1 Å². The Kier molecular flexibility index (Phi) is 5.87. The van der Waals surface area contributed by atoms with E-state index in [0.717, 1.165) is 37.7 Å². The lowest BCUT2D eigenvalue weighted by atomic mass is 9.79. The largest absolute Gasteiger partial charge is 0.340 e. The van der Waals surface area contributed by atoms with Crippen LogP contribution in [0.1, 0.15) is 72.1 Å². The molecule has 0 aliphatic heterocycles. The molecular weight excluding hydrogens is 328 g/mol. The third-order valence-electron chi connectivity index (χ3n) is 5.05. The molecule has 0 bridgehead atoms. The van der Waals surface area contributed by atoms with E-state index in [-0.39, 0.29) is 5.78 Å². The SMILES string of the molecule is CCCCCCOC1(OO)c2ccccc2C(=O)c2cc(CC)ccc21. The second-order valence-corrected chi connectivity index (χ2v) is 6.73. The average molecular weight is 354 g/mol. The van der Waals surface area contributed by atoms with Crippen LogP contribution in [-0.2, 0) is 21.8 Å². The Bertz CT molecular complexity index is 783. The summed E-state index contributed by atoms with van der Waals surface area (Å²) in [6.07, 6.45) is 5.04. The molecule has 0 saturated carbocycles. The minimum Gasteiger partial charge on any atom is -0.340 e. The van der Waals surface area contributed by atoms with Gasteiger partial charge in [0.25, 0.3) is 5.79 Å². The number of fused-ring (bicyclic) bond motifs is 2. The van der Waals surface area contributed by atoms with Crippen LogP contribution >= 0.6 is 0 Å². The molecule has 1 aliphatic carbocycles. The molecule has 0 heterocycles. The molecule has 2 aromatic rings. The molecule has 0 aromatic heterocycles. The Labute approximate surface area is 154 Å². The van der Waals surface area contributed by atoms with E-state index in [0.29, 0.717) is 28.9 Å². The summed E-state index contributed by atoms with van der Waals surface area (Å²) >= 11 is 0. The molecule has 26 heavy (non-hydrogen) atoms. The van der Waals surface area contributed by atoms with Crippen molar-refractivity contribution in [2.24, 2.45) is 0 Å². The van der Waals surface area contributed by atoms with Crippen LogP contribution in [-0.4, -0.2) is 17.6 Å². The first-order valence-electron chi connectivity index (χ1n) is 9.42. The summed E-state index contributed by atoms with van der Waals surface area (Å²) in [5.74, 6) is -1.52. The normalized spacial score (nSPS) is 18.5. The number of ether oxygens (including phenoxy) is 1. The molecule has 4 heteroatoms. The minimum atomic E-state index is -1.46. The molecule has 0 fully saturated rings. The van der Waals surface area contributed by atoms with E-state index in [1.54, 1.807) is 12.1 Å². The molecule has 3 rings (SSSR count). The van der Waals surface area contributed by atoms with Crippen molar-refractivity contribution in [3.05, 3.63) is 70.3 Å². The summed E-state index contributed by atoms with van der Waals surface area (Å²) < 4.78 is 6.12. The first kappa shape index (κ1) is 18.8. The quantitative estimate of drug-likeness (QED) is 0.311. The van der Waals surface area contributed by atoms with Gasteiger partial charge < -0.3 is 4.74 Å². The molecule has 0 saturated heterocycles. The Morgan fingerprint density at radius 1 is 0.962 bits per heavy atom. The highest BCUT2D eigenvalue weighted by Gasteiger charge is 2.46. The Balaban J connectivity index is 2.05. The van der Waals surface area contributed by atoms with Crippen molar-refractivity contribution < 1.29 is 19.7 Å². The number of benzene rings is 2. The van der Waals surface area contributed by atoms with E-state index in [2.05, 4.69) is 6.92 Å². The molecule has 0 amide bonds. The highest BCUT2D eigenvalue weighted by Crippen LogP contribution is 2.43. The summed E-state index contributed by atoms with van der Waals surface area (Å²) in [5, 5.41) is 9.91. The zero-order chi connectivity index (χ0) is 18.6. The molecule has 2 aromatic carbocycles. The van der Waals surface area contributed by atoms with Crippen molar-refractivity contribution in [1.82, 2.24) is 0 Å². The fourth-order valence-electron chi connectivity index (χ4n) is 3.57. The van der Waals surface area contributed by atoms with Gasteiger partial charge in [-0.25, -0.2) is 5.26 Å². The van der Waals surface area contributed by atoms with E-state index < -0.39 is 5.79 Å². The first-order chi connectivity index (χ1) is 12.7. The zero-order valence-corrected chi connectivity index (χ0v) is 15.5. The smallest absolute Gasteiger partial charge is 0.255 e. The number of ketones is 1. The van der Waals surface area contributed by atoms with Crippen molar-refractivity contribution in [3.8, 4) is 0 Å². The van der Waals surface area contributed by atoms with Crippen LogP contribution in [0.25, 0.3) is 0 Å². The van der Waals surface area contributed by atoms with Crippen molar-refractivity contribution in [1.29, 1.82) is 0 Å². The van der Waals surface area contributed by atoms with Gasteiger partial charge in [0.05, 0.1) is 6.61 Å². The standard InChI is InChI=1S/C22H26O4/c1-3-5-6-9-14-25-22(26-24)19-11-8-7-10-17(19)21(23)18-15-16(4-2)12-13-20(18)22/h7-8,10-13,15,24H,3-6,9,14H2,1-2H3. The van der Waals surface area contributed by atoms with Gasteiger partial charge in [0.1, 0.15) is 0 Å². The maximum absolute atomic E-state index is 13.0. The summed E-state index contributed by atoms with van der Waals surface area (Å²) in [4.78, 5) is 18.0. The zero-order valence-electron chi connectivity index (χ0n) is 15.5. The van der Waals surface area contributed by atoms with Crippen molar-refractivity contribution in [3.63, 3.8) is 0 Å². The lowest BCUT2D eigenvalue weighted by molar-refractivity contribution is -0.396. The number of carbonyl (C=O) groups is 1. The molecule has 0 spiro atoms. The number of aryl methyl sites for hydroxylation is 1. The van der Waals surface area contributed by atoms with Gasteiger partial charge in [-0.2, -0.15) is 4.89 Å². The predicted molar refractivity (Wildman–Crippen MR) is 100 cm³/mol. The van der Waals surface area contributed by atoms with E-state index in [1.807, 2.05) is 37.3 Å². The summed E-state index contributed by atoms with van der Waals surface area (Å²) in [5.41, 5.74) is 3.23. The van der Waals surface area contributed by atoms with Gasteiger partial charge in [0.2, 0.25) is 0 Å². The summed E-state index contributed by atoms with van der Waals surface area (Å²) in [6.45, 7) is 4.64. The van der Waals surface area contributed by atoms with E-state index in [4.69, 9.17) is 9.62 Å². The fraction of sp³-hybridized carbons (Fsp3) is 0.409. The van der Waals surface area contributed by atoms with Crippen LogP contribution in [0.5, 0.6) is 0 Å². The highest BCUT2D eigenvalue weighted by atomic mass is 17.1. The predicted octanol–water partition coefficient (Wildman–Crippen LogP) is 5.08. The molecule has 138 valence electrons. The van der Waals surface area contributed by atoms with Crippen LogP contribution in [0.3, 0.4) is 0 Å². The van der Waals surface area contributed by atoms with Gasteiger partial charge in [-0.1, -0.05) is 69.5 Å². The lowest BCUT2D eigenvalue weighted by Crippen LogP contribution is -2.40. The van der Waals surface area contributed by atoms with Crippen LogP contribution in [0.4, 0.5) is 0 Å². The van der Waals surface area contributed by atoms with Gasteiger partial charge in [-0.3, -0.25) is 4.79 Å². The number of carbonyl (C=O) groups excluding carboxylic acids is 1. The van der Waals surface area contributed by atoms with Gasteiger partial charge >= 0.3 is 0 Å². The van der Waals surface area contributed by atoms with Gasteiger partial charge in [0.15, 0.2) is 5.78 Å². The fourth-order valence-corrected chi connectivity index (χ4v) is 3.57. The number of rotatable bonds is 8. The summed E-state index contributed by atoms with van der Waals surface area (Å²) in [7, 11) is 0. The van der Waals surface area contributed by atoms with Gasteiger partial charge in [0, 0.05) is 22.3 Å². The molecule has 1 N–H and O–H groups in total. The summed E-state index contributed by atoms with van der Waals surface area (Å²) in [6, 6.07) is 12.8.